The highest BCUT2D eigenvalue weighted by Gasteiger charge is 2.22. The lowest BCUT2D eigenvalue weighted by Gasteiger charge is -2.09. The third-order valence-corrected chi connectivity index (χ3v) is 4.60. The third-order valence-electron chi connectivity index (χ3n) is 3.71. The summed E-state index contributed by atoms with van der Waals surface area (Å²) in [5.41, 5.74) is 1.71. The van der Waals surface area contributed by atoms with Gasteiger partial charge in [0.2, 0.25) is 5.91 Å². The van der Waals surface area contributed by atoms with Crippen LogP contribution in [0.2, 0.25) is 0 Å². The summed E-state index contributed by atoms with van der Waals surface area (Å²) in [6.45, 7) is 1.91. The van der Waals surface area contributed by atoms with Gasteiger partial charge in [-0.15, -0.1) is 11.3 Å². The Morgan fingerprint density at radius 2 is 1.85 bits per heavy atom. The smallest absolute Gasteiger partial charge is 0.341 e. The molecular weight excluding hydrogens is 370 g/mol. The molecule has 0 bridgehead atoms. The molecule has 1 N–H and O–H groups in total. The SMILES string of the molecule is CCOC(=O)c1c(-c2ccc(OC)cc2)csc1NC(=O)CCCC(=O)[O-]. The molecule has 27 heavy (non-hydrogen) atoms. The molecule has 0 saturated heterocycles. The number of esters is 1. The average Bonchev–Trinajstić information content (AvgIpc) is 3.05. The Balaban J connectivity index is 2.26. The van der Waals surface area contributed by atoms with Gasteiger partial charge in [-0.3, -0.25) is 4.79 Å². The van der Waals surface area contributed by atoms with Gasteiger partial charge in [0.05, 0.1) is 13.7 Å². The number of carbonyl (C=O) groups is 3. The number of rotatable bonds is 9. The van der Waals surface area contributed by atoms with Crippen molar-refractivity contribution in [3.63, 3.8) is 0 Å². The Labute approximate surface area is 160 Å². The molecule has 144 valence electrons. The van der Waals surface area contributed by atoms with Gasteiger partial charge in [0.1, 0.15) is 16.3 Å². The minimum atomic E-state index is -1.20. The summed E-state index contributed by atoms with van der Waals surface area (Å²) in [6, 6.07) is 7.18. The molecule has 0 atom stereocenters. The lowest BCUT2D eigenvalue weighted by molar-refractivity contribution is -0.305. The topological polar surface area (TPSA) is 105 Å². The van der Waals surface area contributed by atoms with Gasteiger partial charge in [-0.05, 0) is 37.5 Å². The van der Waals surface area contributed by atoms with Gasteiger partial charge >= 0.3 is 5.97 Å². The fraction of sp³-hybridized carbons (Fsp3) is 0.316. The van der Waals surface area contributed by atoms with E-state index in [4.69, 9.17) is 9.47 Å². The summed E-state index contributed by atoms with van der Waals surface area (Å²) in [6.07, 6.45) is -0.00861. The molecule has 1 aromatic carbocycles. The van der Waals surface area contributed by atoms with Crippen molar-refractivity contribution in [2.75, 3.05) is 19.0 Å². The van der Waals surface area contributed by atoms with Crippen LogP contribution in [-0.4, -0.2) is 31.6 Å². The van der Waals surface area contributed by atoms with Crippen LogP contribution in [0.4, 0.5) is 5.00 Å². The molecule has 0 aliphatic rings. The maximum atomic E-state index is 12.5. The van der Waals surface area contributed by atoms with Crippen LogP contribution in [0.3, 0.4) is 0 Å². The first-order valence-corrected chi connectivity index (χ1v) is 9.27. The number of anilines is 1. The van der Waals surface area contributed by atoms with Crippen molar-refractivity contribution in [1.82, 2.24) is 0 Å². The Hall–Kier alpha value is -2.87. The molecular formula is C19H20NO6S-. The van der Waals surface area contributed by atoms with Gasteiger partial charge in [-0.1, -0.05) is 12.1 Å². The van der Waals surface area contributed by atoms with E-state index in [0.29, 0.717) is 16.3 Å². The molecule has 1 aromatic heterocycles. The molecule has 0 spiro atoms. The fourth-order valence-corrected chi connectivity index (χ4v) is 3.39. The maximum Gasteiger partial charge on any atom is 0.341 e. The van der Waals surface area contributed by atoms with Crippen molar-refractivity contribution in [3.05, 3.63) is 35.2 Å². The Morgan fingerprint density at radius 1 is 1.15 bits per heavy atom. The number of ether oxygens (including phenoxy) is 2. The summed E-state index contributed by atoms with van der Waals surface area (Å²) in [7, 11) is 1.57. The number of carboxylic acids is 1. The molecule has 2 aromatic rings. The lowest BCUT2D eigenvalue weighted by Crippen LogP contribution is -2.22. The second-order valence-electron chi connectivity index (χ2n) is 5.58. The first-order chi connectivity index (χ1) is 13.0. The van der Waals surface area contributed by atoms with Crippen LogP contribution in [0.15, 0.2) is 29.6 Å². The standard InChI is InChI=1S/C19H21NO6S/c1-3-26-19(24)17-14(12-7-9-13(25-2)10-8-12)11-27-18(17)20-15(21)5-4-6-16(22)23/h7-11H,3-6H2,1-2H3,(H,20,21)(H,22,23)/p-1. The minimum Gasteiger partial charge on any atom is -0.550 e. The molecule has 2 rings (SSSR count). The van der Waals surface area contributed by atoms with Crippen LogP contribution in [0, 0.1) is 0 Å². The first-order valence-electron chi connectivity index (χ1n) is 8.39. The van der Waals surface area contributed by atoms with E-state index in [1.807, 2.05) is 12.1 Å². The molecule has 0 aliphatic carbocycles. The highest BCUT2D eigenvalue weighted by atomic mass is 32.1. The van der Waals surface area contributed by atoms with Crippen molar-refractivity contribution in [2.45, 2.75) is 26.2 Å². The first kappa shape index (κ1) is 20.4. The number of thiophene rings is 1. The number of carbonyl (C=O) groups excluding carboxylic acids is 3. The average molecular weight is 390 g/mol. The van der Waals surface area contributed by atoms with Crippen LogP contribution in [0.1, 0.15) is 36.5 Å². The number of carboxylic acid groups (broad SMARTS) is 1. The zero-order valence-corrected chi connectivity index (χ0v) is 15.9. The van der Waals surface area contributed by atoms with Crippen LogP contribution >= 0.6 is 11.3 Å². The number of amides is 1. The van der Waals surface area contributed by atoms with E-state index in [9.17, 15) is 19.5 Å². The predicted molar refractivity (Wildman–Crippen MR) is 99.8 cm³/mol. The van der Waals surface area contributed by atoms with Crippen molar-refractivity contribution in [2.24, 2.45) is 0 Å². The van der Waals surface area contributed by atoms with Crippen LogP contribution in [0.25, 0.3) is 11.1 Å². The normalized spacial score (nSPS) is 10.3. The largest absolute Gasteiger partial charge is 0.550 e. The number of benzene rings is 1. The summed E-state index contributed by atoms with van der Waals surface area (Å²) in [5, 5.41) is 15.3. The number of hydrogen-bond acceptors (Lipinski definition) is 7. The second-order valence-corrected chi connectivity index (χ2v) is 6.46. The molecule has 7 nitrogen and oxygen atoms in total. The second kappa shape index (κ2) is 9.72. The maximum absolute atomic E-state index is 12.5. The summed E-state index contributed by atoms with van der Waals surface area (Å²) in [4.78, 5) is 35.0. The van der Waals surface area contributed by atoms with E-state index in [-0.39, 0.29) is 37.3 Å². The van der Waals surface area contributed by atoms with Crippen molar-refractivity contribution >= 4 is 34.2 Å². The third kappa shape index (κ3) is 5.55. The van der Waals surface area contributed by atoms with Gasteiger partial charge in [0.15, 0.2) is 0 Å². The van der Waals surface area contributed by atoms with E-state index >= 15 is 0 Å². The van der Waals surface area contributed by atoms with Crippen molar-refractivity contribution in [1.29, 1.82) is 0 Å². The molecule has 1 amide bonds. The Kier molecular flexibility index (Phi) is 7.36. The number of hydrogen-bond donors (Lipinski definition) is 1. The molecule has 0 radical (unpaired) electrons. The number of methoxy groups -OCH3 is 1. The quantitative estimate of drug-likeness (QED) is 0.660. The molecule has 1 heterocycles. The predicted octanol–water partition coefficient (Wildman–Crippen LogP) is 2.46. The molecule has 0 unspecified atom stereocenters. The summed E-state index contributed by atoms with van der Waals surface area (Å²) < 4.78 is 10.3. The van der Waals surface area contributed by atoms with Gasteiger partial charge in [-0.25, -0.2) is 4.79 Å². The molecule has 8 heteroatoms. The zero-order valence-electron chi connectivity index (χ0n) is 15.1. The highest BCUT2D eigenvalue weighted by Crippen LogP contribution is 2.37. The summed E-state index contributed by atoms with van der Waals surface area (Å²) in [5.74, 6) is -1.42. The van der Waals surface area contributed by atoms with Crippen LogP contribution in [0.5, 0.6) is 5.75 Å². The van der Waals surface area contributed by atoms with Gasteiger partial charge in [0, 0.05) is 23.3 Å². The zero-order chi connectivity index (χ0) is 19.8. The van der Waals surface area contributed by atoms with E-state index < -0.39 is 11.9 Å². The lowest BCUT2D eigenvalue weighted by atomic mass is 10.0. The summed E-state index contributed by atoms with van der Waals surface area (Å²) >= 11 is 1.21. The van der Waals surface area contributed by atoms with E-state index in [1.165, 1.54) is 11.3 Å². The highest BCUT2D eigenvalue weighted by molar-refractivity contribution is 7.15. The van der Waals surface area contributed by atoms with Gasteiger partial charge < -0.3 is 24.7 Å². The Morgan fingerprint density at radius 3 is 2.44 bits per heavy atom. The molecule has 0 saturated carbocycles. The van der Waals surface area contributed by atoms with E-state index in [2.05, 4.69) is 5.32 Å². The molecule has 0 aliphatic heterocycles. The fourth-order valence-electron chi connectivity index (χ4n) is 2.42. The van der Waals surface area contributed by atoms with Gasteiger partial charge in [-0.2, -0.15) is 0 Å². The number of nitrogens with one attached hydrogen (secondary N) is 1. The van der Waals surface area contributed by atoms with E-state index in [1.54, 1.807) is 31.5 Å². The minimum absolute atomic E-state index is 0.0199. The van der Waals surface area contributed by atoms with Crippen molar-refractivity contribution < 1.29 is 29.0 Å². The van der Waals surface area contributed by atoms with Crippen molar-refractivity contribution in [3.8, 4) is 16.9 Å². The number of aliphatic carboxylic acids is 1. The van der Waals surface area contributed by atoms with Crippen LogP contribution in [-0.2, 0) is 14.3 Å². The van der Waals surface area contributed by atoms with Crippen LogP contribution < -0.4 is 15.2 Å². The molecule has 0 fully saturated rings. The van der Waals surface area contributed by atoms with E-state index in [0.717, 1.165) is 5.56 Å². The van der Waals surface area contributed by atoms with Gasteiger partial charge in [0.25, 0.3) is 0 Å². The monoisotopic (exact) mass is 390 g/mol. The Bertz CT molecular complexity index is 812.